The maximum Gasteiger partial charge on any atom is 0.312 e. The van der Waals surface area contributed by atoms with Gasteiger partial charge in [0.25, 0.3) is 0 Å². The first-order valence-corrected chi connectivity index (χ1v) is 6.73. The highest BCUT2D eigenvalue weighted by atomic mass is 16.3. The summed E-state index contributed by atoms with van der Waals surface area (Å²) < 4.78 is 0. The Balaban J connectivity index is 1.74. The quantitative estimate of drug-likeness (QED) is 0.716. The van der Waals surface area contributed by atoms with E-state index in [2.05, 4.69) is 5.32 Å². The molecule has 106 valence electrons. The lowest BCUT2D eigenvalue weighted by Crippen LogP contribution is -2.65. The maximum absolute atomic E-state index is 12.1. The fraction of sp³-hybridized carbons (Fsp3) is 0.429. The second-order valence-corrected chi connectivity index (χ2v) is 5.21. The fourth-order valence-corrected chi connectivity index (χ4v) is 2.74. The van der Waals surface area contributed by atoms with Gasteiger partial charge in [-0.3, -0.25) is 9.59 Å². The Kier molecular flexibility index (Phi) is 3.31. The Morgan fingerprint density at radius 2 is 1.95 bits per heavy atom. The van der Waals surface area contributed by atoms with Crippen LogP contribution in [0.25, 0.3) is 0 Å². The van der Waals surface area contributed by atoms with Crippen molar-refractivity contribution in [2.75, 3.05) is 26.2 Å². The lowest BCUT2D eigenvalue weighted by Gasteiger charge is -2.43. The molecule has 0 aromatic heterocycles. The first-order chi connectivity index (χ1) is 9.65. The zero-order valence-corrected chi connectivity index (χ0v) is 11.1. The molecule has 6 heteroatoms. The lowest BCUT2D eigenvalue weighted by atomic mass is 10.1. The van der Waals surface area contributed by atoms with Crippen LogP contribution >= 0.6 is 0 Å². The van der Waals surface area contributed by atoms with Crippen molar-refractivity contribution < 1.29 is 14.7 Å². The average molecular weight is 275 g/mol. The van der Waals surface area contributed by atoms with Crippen LogP contribution in [0.1, 0.15) is 5.56 Å². The molecule has 1 atom stereocenters. The van der Waals surface area contributed by atoms with Crippen LogP contribution in [0.4, 0.5) is 0 Å². The van der Waals surface area contributed by atoms with Crippen molar-refractivity contribution in [3.05, 3.63) is 29.8 Å². The van der Waals surface area contributed by atoms with Gasteiger partial charge in [0.05, 0.1) is 6.04 Å². The topological polar surface area (TPSA) is 72.9 Å². The standard InChI is InChI=1S/C14H17N3O3/c18-12-3-1-10(2-4-12)8-16-9-11-7-15-5-6-17(11)14(20)13(16)19/h1-4,11,15,18H,5-9H2. The number of hydrogen-bond donors (Lipinski definition) is 2. The first kappa shape index (κ1) is 12.9. The Morgan fingerprint density at radius 3 is 2.70 bits per heavy atom. The molecule has 0 radical (unpaired) electrons. The molecule has 6 nitrogen and oxygen atoms in total. The van der Waals surface area contributed by atoms with Crippen molar-refractivity contribution in [1.82, 2.24) is 15.1 Å². The second-order valence-electron chi connectivity index (χ2n) is 5.21. The highest BCUT2D eigenvalue weighted by Gasteiger charge is 2.39. The molecule has 1 aromatic rings. The number of amides is 2. The molecule has 3 rings (SSSR count). The Bertz CT molecular complexity index is 529. The van der Waals surface area contributed by atoms with Crippen LogP contribution < -0.4 is 5.32 Å². The monoisotopic (exact) mass is 275 g/mol. The van der Waals surface area contributed by atoms with Crippen LogP contribution in [-0.4, -0.2) is 58.9 Å². The summed E-state index contributed by atoms with van der Waals surface area (Å²) >= 11 is 0. The third-order valence-corrected chi connectivity index (χ3v) is 3.82. The van der Waals surface area contributed by atoms with Gasteiger partial charge in [-0.05, 0) is 17.7 Å². The molecule has 1 unspecified atom stereocenters. The molecule has 0 bridgehead atoms. The summed E-state index contributed by atoms with van der Waals surface area (Å²) in [7, 11) is 0. The van der Waals surface area contributed by atoms with Crippen molar-refractivity contribution in [2.24, 2.45) is 0 Å². The van der Waals surface area contributed by atoms with Gasteiger partial charge < -0.3 is 20.2 Å². The van der Waals surface area contributed by atoms with Gasteiger partial charge in [0.15, 0.2) is 0 Å². The molecule has 2 heterocycles. The van der Waals surface area contributed by atoms with E-state index in [0.29, 0.717) is 19.6 Å². The van der Waals surface area contributed by atoms with E-state index in [1.807, 2.05) is 0 Å². The minimum absolute atomic E-state index is 0.0612. The van der Waals surface area contributed by atoms with E-state index < -0.39 is 11.8 Å². The molecule has 0 aliphatic carbocycles. The number of phenols is 1. The largest absolute Gasteiger partial charge is 0.508 e. The normalized spacial score (nSPS) is 22.9. The van der Waals surface area contributed by atoms with Crippen LogP contribution in [-0.2, 0) is 16.1 Å². The molecule has 2 amide bonds. The van der Waals surface area contributed by atoms with Crippen LogP contribution in [0.3, 0.4) is 0 Å². The number of fused-ring (bicyclic) bond motifs is 1. The van der Waals surface area contributed by atoms with Crippen LogP contribution in [0.15, 0.2) is 24.3 Å². The Hall–Kier alpha value is -2.08. The summed E-state index contributed by atoms with van der Waals surface area (Å²) in [5, 5.41) is 12.5. The van der Waals surface area contributed by atoms with Gasteiger partial charge in [0, 0.05) is 32.7 Å². The average Bonchev–Trinajstić information content (AvgIpc) is 2.47. The van der Waals surface area contributed by atoms with Crippen molar-refractivity contribution in [3.63, 3.8) is 0 Å². The molecular formula is C14H17N3O3. The third-order valence-electron chi connectivity index (χ3n) is 3.82. The minimum Gasteiger partial charge on any atom is -0.508 e. The third kappa shape index (κ3) is 2.34. The van der Waals surface area contributed by atoms with E-state index in [4.69, 9.17) is 0 Å². The second kappa shape index (κ2) is 5.13. The number of piperazine rings is 2. The summed E-state index contributed by atoms with van der Waals surface area (Å²) in [4.78, 5) is 27.5. The molecule has 0 spiro atoms. The zero-order valence-electron chi connectivity index (χ0n) is 11.1. The van der Waals surface area contributed by atoms with Crippen LogP contribution in [0, 0.1) is 0 Å². The maximum atomic E-state index is 12.1. The lowest BCUT2D eigenvalue weighted by molar-refractivity contribution is -0.160. The van der Waals surface area contributed by atoms with Crippen LogP contribution in [0.5, 0.6) is 5.75 Å². The van der Waals surface area contributed by atoms with Gasteiger partial charge in [0.1, 0.15) is 5.75 Å². The number of nitrogens with one attached hydrogen (secondary N) is 1. The van der Waals surface area contributed by atoms with Gasteiger partial charge >= 0.3 is 11.8 Å². The molecule has 2 aliphatic rings. The van der Waals surface area contributed by atoms with Gasteiger partial charge in [-0.1, -0.05) is 12.1 Å². The molecule has 0 saturated carbocycles. The summed E-state index contributed by atoms with van der Waals surface area (Å²) in [6.07, 6.45) is 0. The highest BCUT2D eigenvalue weighted by molar-refractivity contribution is 6.35. The van der Waals surface area contributed by atoms with E-state index in [1.54, 1.807) is 34.1 Å². The molecule has 2 fully saturated rings. The number of aromatic hydroxyl groups is 1. The zero-order chi connectivity index (χ0) is 14.1. The first-order valence-electron chi connectivity index (χ1n) is 6.73. The van der Waals surface area contributed by atoms with Gasteiger partial charge in [-0.15, -0.1) is 0 Å². The summed E-state index contributed by atoms with van der Waals surface area (Å²) in [5.41, 5.74) is 0.904. The Morgan fingerprint density at radius 1 is 1.20 bits per heavy atom. The van der Waals surface area contributed by atoms with Crippen molar-refractivity contribution in [2.45, 2.75) is 12.6 Å². The number of rotatable bonds is 2. The number of benzene rings is 1. The van der Waals surface area contributed by atoms with Crippen molar-refractivity contribution >= 4 is 11.8 Å². The number of phenolic OH excluding ortho intramolecular Hbond substituents is 1. The molecule has 1 aromatic carbocycles. The van der Waals surface area contributed by atoms with Crippen molar-refractivity contribution in [1.29, 1.82) is 0 Å². The minimum atomic E-state index is -0.434. The van der Waals surface area contributed by atoms with E-state index in [-0.39, 0.29) is 11.8 Å². The van der Waals surface area contributed by atoms with Gasteiger partial charge in [0.2, 0.25) is 0 Å². The predicted octanol–water partition coefficient (Wildman–Crippen LogP) is -0.465. The van der Waals surface area contributed by atoms with Crippen LogP contribution in [0.2, 0.25) is 0 Å². The molecule has 20 heavy (non-hydrogen) atoms. The number of carbonyl (C=O) groups is 2. The predicted molar refractivity (Wildman–Crippen MR) is 71.9 cm³/mol. The summed E-state index contributed by atoms with van der Waals surface area (Å²) in [6.45, 7) is 3.02. The Labute approximate surface area is 117 Å². The van der Waals surface area contributed by atoms with E-state index in [0.717, 1.165) is 18.7 Å². The molecule has 2 N–H and O–H groups in total. The fourth-order valence-electron chi connectivity index (χ4n) is 2.74. The highest BCUT2D eigenvalue weighted by Crippen LogP contribution is 2.18. The van der Waals surface area contributed by atoms with E-state index >= 15 is 0 Å². The SMILES string of the molecule is O=C1C(=O)N2CCNCC2CN1Cc1ccc(O)cc1. The van der Waals surface area contributed by atoms with Gasteiger partial charge in [-0.25, -0.2) is 0 Å². The summed E-state index contributed by atoms with van der Waals surface area (Å²) in [5.74, 6) is -0.643. The molecule has 2 aliphatic heterocycles. The van der Waals surface area contributed by atoms with E-state index in [9.17, 15) is 14.7 Å². The molecular weight excluding hydrogens is 258 g/mol. The number of carbonyl (C=O) groups excluding carboxylic acids is 2. The van der Waals surface area contributed by atoms with Crippen molar-refractivity contribution in [3.8, 4) is 5.75 Å². The smallest absolute Gasteiger partial charge is 0.312 e. The van der Waals surface area contributed by atoms with Gasteiger partial charge in [-0.2, -0.15) is 0 Å². The summed E-state index contributed by atoms with van der Waals surface area (Å²) in [6, 6.07) is 6.75. The molecule has 2 saturated heterocycles. The van der Waals surface area contributed by atoms with E-state index in [1.165, 1.54) is 0 Å². The number of hydrogen-bond acceptors (Lipinski definition) is 4. The number of nitrogens with zero attached hydrogens (tertiary/aromatic N) is 2.